The van der Waals surface area contributed by atoms with E-state index in [9.17, 15) is 4.79 Å². The second-order valence-electron chi connectivity index (χ2n) is 8.52. The van der Waals surface area contributed by atoms with Crippen LogP contribution in [0.4, 0.5) is 0 Å². The first-order valence-corrected chi connectivity index (χ1v) is 10.8. The van der Waals surface area contributed by atoms with Gasteiger partial charge in [0.1, 0.15) is 6.33 Å². The Hall–Kier alpha value is -2.93. The van der Waals surface area contributed by atoms with E-state index in [1.807, 2.05) is 22.2 Å². The molecule has 1 N–H and O–H groups in total. The molecule has 0 radical (unpaired) electrons. The molecule has 1 atom stereocenters. The number of likely N-dealkylation sites (tertiary alicyclic amines) is 1. The van der Waals surface area contributed by atoms with E-state index in [4.69, 9.17) is 0 Å². The number of imidazole rings is 1. The first-order valence-electron chi connectivity index (χ1n) is 10.8. The normalized spacial score (nSPS) is 17.9. The van der Waals surface area contributed by atoms with Crippen LogP contribution >= 0.6 is 0 Å². The summed E-state index contributed by atoms with van der Waals surface area (Å²) in [6.45, 7) is 9.55. The van der Waals surface area contributed by atoms with Gasteiger partial charge in [-0.25, -0.2) is 14.3 Å². The molecule has 156 valence electrons. The van der Waals surface area contributed by atoms with Gasteiger partial charge in [-0.3, -0.25) is 4.57 Å². The van der Waals surface area contributed by atoms with Gasteiger partial charge in [0.05, 0.1) is 17.1 Å². The van der Waals surface area contributed by atoms with E-state index in [-0.39, 0.29) is 11.7 Å². The summed E-state index contributed by atoms with van der Waals surface area (Å²) < 4.78 is 3.80. The Kier molecular flexibility index (Phi) is 4.70. The van der Waals surface area contributed by atoms with E-state index in [1.54, 1.807) is 6.33 Å². The Morgan fingerprint density at radius 3 is 2.90 bits per heavy atom. The third kappa shape index (κ3) is 3.13. The molecule has 0 aliphatic carbocycles. The first-order chi connectivity index (χ1) is 14.5. The third-order valence-electron chi connectivity index (χ3n) is 6.32. The number of aryl methyl sites for hydroxylation is 2. The lowest BCUT2D eigenvalue weighted by Gasteiger charge is -2.33. The van der Waals surface area contributed by atoms with E-state index in [0.29, 0.717) is 0 Å². The van der Waals surface area contributed by atoms with Crippen LogP contribution < -0.4 is 5.69 Å². The van der Waals surface area contributed by atoms with Gasteiger partial charge < -0.3 is 9.88 Å². The summed E-state index contributed by atoms with van der Waals surface area (Å²) in [7, 11) is 0. The number of rotatable bonds is 4. The van der Waals surface area contributed by atoms with Crippen LogP contribution in [-0.4, -0.2) is 48.7 Å². The molecule has 3 aromatic heterocycles. The lowest BCUT2D eigenvalue weighted by atomic mass is 9.99. The maximum atomic E-state index is 12.9. The van der Waals surface area contributed by atoms with Crippen LogP contribution in [0.1, 0.15) is 43.4 Å². The number of nitrogens with zero attached hydrogens (tertiary/aromatic N) is 5. The van der Waals surface area contributed by atoms with Crippen molar-refractivity contribution >= 4 is 16.7 Å². The standard InChI is InChI=1S/C23H28N6O/c1-4-7-27-8-5-6-18(13-27)29-21-10-15(2)19(11-20(21)26-23(29)30)17-9-16(3)22-24-14-25-28(22)12-17/h9-12,14,18H,4-8,13H2,1-3H3,(H,26,30). The number of fused-ring (bicyclic) bond motifs is 2. The van der Waals surface area contributed by atoms with Crippen molar-refractivity contribution in [2.24, 2.45) is 0 Å². The molecule has 1 aliphatic rings. The molecule has 0 amide bonds. The molecular formula is C23H28N6O. The maximum Gasteiger partial charge on any atom is 0.326 e. The van der Waals surface area contributed by atoms with Crippen molar-refractivity contribution in [3.8, 4) is 11.1 Å². The summed E-state index contributed by atoms with van der Waals surface area (Å²) in [5.41, 5.74) is 7.16. The van der Waals surface area contributed by atoms with Crippen molar-refractivity contribution in [2.45, 2.75) is 46.1 Å². The zero-order valence-corrected chi connectivity index (χ0v) is 17.9. The topological polar surface area (TPSA) is 71.2 Å². The van der Waals surface area contributed by atoms with Crippen LogP contribution in [0.15, 0.2) is 35.5 Å². The van der Waals surface area contributed by atoms with Gasteiger partial charge in [-0.2, -0.15) is 5.10 Å². The zero-order valence-electron chi connectivity index (χ0n) is 17.9. The molecular weight excluding hydrogens is 376 g/mol. The predicted molar refractivity (Wildman–Crippen MR) is 119 cm³/mol. The number of aromatic amines is 1. The van der Waals surface area contributed by atoms with E-state index in [2.05, 4.69) is 52.0 Å². The molecule has 4 heterocycles. The second-order valence-corrected chi connectivity index (χ2v) is 8.52. The van der Waals surface area contributed by atoms with Crippen LogP contribution in [0.25, 0.3) is 27.8 Å². The summed E-state index contributed by atoms with van der Waals surface area (Å²) >= 11 is 0. The van der Waals surface area contributed by atoms with E-state index in [0.717, 1.165) is 77.8 Å². The highest BCUT2D eigenvalue weighted by molar-refractivity contribution is 5.84. The molecule has 7 nitrogen and oxygen atoms in total. The molecule has 1 unspecified atom stereocenters. The van der Waals surface area contributed by atoms with Gasteiger partial charge in [0.15, 0.2) is 5.65 Å². The molecule has 30 heavy (non-hydrogen) atoms. The fraction of sp³-hybridized carbons (Fsp3) is 0.435. The number of piperidine rings is 1. The fourth-order valence-electron chi connectivity index (χ4n) is 4.95. The maximum absolute atomic E-state index is 12.9. The minimum absolute atomic E-state index is 0.00666. The van der Waals surface area contributed by atoms with Crippen LogP contribution in [0.2, 0.25) is 0 Å². The number of pyridine rings is 1. The Bertz CT molecular complexity index is 1280. The smallest absolute Gasteiger partial charge is 0.306 e. The van der Waals surface area contributed by atoms with E-state index >= 15 is 0 Å². The average molecular weight is 405 g/mol. The van der Waals surface area contributed by atoms with Crippen molar-refractivity contribution < 1.29 is 0 Å². The Labute approximate surface area is 175 Å². The summed E-state index contributed by atoms with van der Waals surface area (Å²) in [6, 6.07) is 6.62. The Morgan fingerprint density at radius 2 is 2.07 bits per heavy atom. The monoisotopic (exact) mass is 404 g/mol. The SMILES string of the molecule is CCCN1CCCC(n2c(=O)[nH]c3cc(-c4cc(C)c5ncnn5c4)c(C)cc32)C1. The lowest BCUT2D eigenvalue weighted by Crippen LogP contribution is -2.39. The molecule has 1 fully saturated rings. The van der Waals surface area contributed by atoms with Gasteiger partial charge in [0.2, 0.25) is 0 Å². The number of hydrogen-bond donors (Lipinski definition) is 1. The predicted octanol–water partition coefficient (Wildman–Crippen LogP) is 3.70. The highest BCUT2D eigenvalue weighted by atomic mass is 16.1. The lowest BCUT2D eigenvalue weighted by molar-refractivity contribution is 0.178. The Morgan fingerprint density at radius 1 is 1.20 bits per heavy atom. The summed E-state index contributed by atoms with van der Waals surface area (Å²) in [5, 5.41) is 4.30. The molecule has 1 aromatic carbocycles. The average Bonchev–Trinajstić information content (AvgIpc) is 3.31. The quantitative estimate of drug-likeness (QED) is 0.563. The third-order valence-corrected chi connectivity index (χ3v) is 6.32. The van der Waals surface area contributed by atoms with Crippen LogP contribution in [0.3, 0.4) is 0 Å². The summed E-state index contributed by atoms with van der Waals surface area (Å²) in [5.74, 6) is 0. The van der Waals surface area contributed by atoms with Crippen LogP contribution in [-0.2, 0) is 0 Å². The van der Waals surface area contributed by atoms with Crippen molar-refractivity contribution in [2.75, 3.05) is 19.6 Å². The zero-order chi connectivity index (χ0) is 20.8. The van der Waals surface area contributed by atoms with Crippen molar-refractivity contribution in [3.05, 3.63) is 52.3 Å². The minimum atomic E-state index is -0.00666. The largest absolute Gasteiger partial charge is 0.326 e. The fourth-order valence-corrected chi connectivity index (χ4v) is 4.95. The van der Waals surface area contributed by atoms with Gasteiger partial charge in [-0.15, -0.1) is 0 Å². The molecule has 1 saturated heterocycles. The number of benzene rings is 1. The number of hydrogen-bond acceptors (Lipinski definition) is 4. The molecule has 7 heteroatoms. The summed E-state index contributed by atoms with van der Waals surface area (Å²) in [4.78, 5) is 22.8. The van der Waals surface area contributed by atoms with Crippen LogP contribution in [0, 0.1) is 13.8 Å². The highest BCUT2D eigenvalue weighted by Crippen LogP contribution is 2.31. The number of nitrogens with one attached hydrogen (secondary N) is 1. The minimum Gasteiger partial charge on any atom is -0.306 e. The first kappa shape index (κ1) is 19.1. The molecule has 5 rings (SSSR count). The highest BCUT2D eigenvalue weighted by Gasteiger charge is 2.24. The van der Waals surface area contributed by atoms with Crippen molar-refractivity contribution in [1.29, 1.82) is 0 Å². The van der Waals surface area contributed by atoms with Gasteiger partial charge in [-0.05, 0) is 81.1 Å². The van der Waals surface area contributed by atoms with Gasteiger partial charge in [-0.1, -0.05) is 6.92 Å². The number of H-pyrrole nitrogens is 1. The van der Waals surface area contributed by atoms with Gasteiger partial charge in [0, 0.05) is 18.3 Å². The summed E-state index contributed by atoms with van der Waals surface area (Å²) in [6.07, 6.45) is 6.91. The molecule has 1 aliphatic heterocycles. The van der Waals surface area contributed by atoms with Gasteiger partial charge in [0.25, 0.3) is 0 Å². The van der Waals surface area contributed by atoms with Gasteiger partial charge >= 0.3 is 5.69 Å². The molecule has 4 aromatic rings. The molecule has 0 spiro atoms. The Balaban J connectivity index is 1.59. The van der Waals surface area contributed by atoms with E-state index < -0.39 is 0 Å². The molecule has 0 bridgehead atoms. The molecule has 0 saturated carbocycles. The van der Waals surface area contributed by atoms with Crippen LogP contribution in [0.5, 0.6) is 0 Å². The van der Waals surface area contributed by atoms with Crippen molar-refractivity contribution in [1.82, 2.24) is 29.0 Å². The second kappa shape index (κ2) is 7.40. The van der Waals surface area contributed by atoms with Crippen molar-refractivity contribution in [3.63, 3.8) is 0 Å². The number of aromatic nitrogens is 5. The van der Waals surface area contributed by atoms with E-state index in [1.165, 1.54) is 0 Å².